The lowest BCUT2D eigenvalue weighted by Crippen LogP contribution is -1.81. The summed E-state index contributed by atoms with van der Waals surface area (Å²) >= 11 is 1.82. The largest absolute Gasteiger partial charge is 0.144 e. The fraction of sp³-hybridized carbons (Fsp3) is 0.0667. The Morgan fingerprint density at radius 2 is 1.62 bits per heavy atom. The summed E-state index contributed by atoms with van der Waals surface area (Å²) in [6.07, 6.45) is 5.54. The molecule has 2 aromatic rings. The predicted molar refractivity (Wildman–Crippen MR) is 71.3 cm³/mol. The van der Waals surface area contributed by atoms with Gasteiger partial charge in [-0.25, -0.2) is 0 Å². The minimum absolute atomic E-state index is 1.06. The first-order valence-electron chi connectivity index (χ1n) is 5.42. The molecule has 0 spiro atoms. The number of allylic oxidation sites excluding steroid dienone is 4. The Balaban J connectivity index is 1.82. The highest BCUT2D eigenvalue weighted by Crippen LogP contribution is 2.35. The molecular formula is C15H12S. The second-order valence-electron chi connectivity index (χ2n) is 3.90. The van der Waals surface area contributed by atoms with Crippen LogP contribution in [0.3, 0.4) is 0 Å². The standard InChI is InChI=1S/C15H12S/c1-2-5-12(6-3-1)13-8-9-14(11-13)15-7-4-10-16-15/h1-10H,11H2. The van der Waals surface area contributed by atoms with E-state index >= 15 is 0 Å². The molecule has 1 aliphatic rings. The lowest BCUT2D eigenvalue weighted by Gasteiger charge is -2.03. The molecule has 16 heavy (non-hydrogen) atoms. The van der Waals surface area contributed by atoms with Gasteiger partial charge < -0.3 is 0 Å². The molecule has 0 unspecified atom stereocenters. The summed E-state index contributed by atoms with van der Waals surface area (Å²) in [5.41, 5.74) is 4.20. The van der Waals surface area contributed by atoms with E-state index in [1.54, 1.807) is 0 Å². The topological polar surface area (TPSA) is 0 Å². The van der Waals surface area contributed by atoms with Crippen molar-refractivity contribution < 1.29 is 0 Å². The van der Waals surface area contributed by atoms with E-state index in [9.17, 15) is 0 Å². The van der Waals surface area contributed by atoms with Crippen molar-refractivity contribution in [1.82, 2.24) is 0 Å². The van der Waals surface area contributed by atoms with Crippen LogP contribution in [0.25, 0.3) is 11.1 Å². The Morgan fingerprint density at radius 1 is 0.812 bits per heavy atom. The highest BCUT2D eigenvalue weighted by atomic mass is 32.1. The van der Waals surface area contributed by atoms with Gasteiger partial charge in [0.1, 0.15) is 0 Å². The van der Waals surface area contributed by atoms with Crippen molar-refractivity contribution in [2.75, 3.05) is 0 Å². The van der Waals surface area contributed by atoms with E-state index in [2.05, 4.69) is 60.0 Å². The van der Waals surface area contributed by atoms with Gasteiger partial charge in [-0.15, -0.1) is 11.3 Å². The van der Waals surface area contributed by atoms with E-state index in [0.717, 1.165) is 6.42 Å². The van der Waals surface area contributed by atoms with Crippen molar-refractivity contribution in [3.8, 4) is 0 Å². The van der Waals surface area contributed by atoms with Crippen LogP contribution in [0, 0.1) is 0 Å². The first kappa shape index (κ1) is 9.61. The first-order chi connectivity index (χ1) is 7.93. The van der Waals surface area contributed by atoms with Crippen LogP contribution in [0.5, 0.6) is 0 Å². The number of rotatable bonds is 2. The third-order valence-corrected chi connectivity index (χ3v) is 3.79. The monoisotopic (exact) mass is 224 g/mol. The number of benzene rings is 1. The molecule has 0 atom stereocenters. The highest BCUT2D eigenvalue weighted by Gasteiger charge is 2.11. The maximum atomic E-state index is 2.24. The van der Waals surface area contributed by atoms with Crippen LogP contribution in [-0.4, -0.2) is 0 Å². The van der Waals surface area contributed by atoms with Gasteiger partial charge in [-0.2, -0.15) is 0 Å². The van der Waals surface area contributed by atoms with Crippen molar-refractivity contribution in [3.63, 3.8) is 0 Å². The molecule has 1 aromatic heterocycles. The van der Waals surface area contributed by atoms with Crippen molar-refractivity contribution in [1.29, 1.82) is 0 Å². The third kappa shape index (κ3) is 1.74. The Labute approximate surface area is 99.6 Å². The summed E-state index contributed by atoms with van der Waals surface area (Å²) in [7, 11) is 0. The molecule has 1 aliphatic carbocycles. The predicted octanol–water partition coefficient (Wildman–Crippen LogP) is 4.62. The molecule has 0 aliphatic heterocycles. The molecule has 0 fully saturated rings. The lowest BCUT2D eigenvalue weighted by atomic mass is 10.0. The smallest absolute Gasteiger partial charge is 0.0305 e. The second-order valence-corrected chi connectivity index (χ2v) is 4.85. The van der Waals surface area contributed by atoms with Gasteiger partial charge in [0.05, 0.1) is 0 Å². The third-order valence-electron chi connectivity index (χ3n) is 2.85. The zero-order chi connectivity index (χ0) is 10.8. The van der Waals surface area contributed by atoms with Crippen molar-refractivity contribution in [2.45, 2.75) is 6.42 Å². The fourth-order valence-electron chi connectivity index (χ4n) is 2.01. The molecule has 1 heterocycles. The molecule has 0 nitrogen and oxygen atoms in total. The van der Waals surface area contributed by atoms with Crippen LogP contribution < -0.4 is 0 Å². The van der Waals surface area contributed by atoms with E-state index in [1.165, 1.54) is 21.6 Å². The number of hydrogen-bond acceptors (Lipinski definition) is 1. The van der Waals surface area contributed by atoms with Gasteiger partial charge in [0.2, 0.25) is 0 Å². The molecule has 0 radical (unpaired) electrons. The van der Waals surface area contributed by atoms with Crippen LogP contribution in [0.4, 0.5) is 0 Å². The molecule has 1 heteroatoms. The van der Waals surface area contributed by atoms with Gasteiger partial charge in [0, 0.05) is 4.88 Å². The summed E-state index contributed by atoms with van der Waals surface area (Å²) in [5.74, 6) is 0. The van der Waals surface area contributed by atoms with E-state index in [4.69, 9.17) is 0 Å². The maximum Gasteiger partial charge on any atom is 0.0305 e. The minimum Gasteiger partial charge on any atom is -0.144 e. The zero-order valence-corrected chi connectivity index (χ0v) is 9.71. The van der Waals surface area contributed by atoms with Gasteiger partial charge in [-0.1, -0.05) is 48.6 Å². The van der Waals surface area contributed by atoms with Gasteiger partial charge in [0.25, 0.3) is 0 Å². The first-order valence-corrected chi connectivity index (χ1v) is 6.30. The molecule has 78 valence electrons. The summed E-state index contributed by atoms with van der Waals surface area (Å²) in [6, 6.07) is 14.9. The fourth-order valence-corrected chi connectivity index (χ4v) is 2.76. The molecule has 1 aromatic carbocycles. The normalized spacial score (nSPS) is 14.8. The zero-order valence-electron chi connectivity index (χ0n) is 8.89. The van der Waals surface area contributed by atoms with E-state index in [0.29, 0.717) is 0 Å². The average Bonchev–Trinajstić information content (AvgIpc) is 3.01. The molecule has 0 saturated heterocycles. The van der Waals surface area contributed by atoms with Crippen LogP contribution >= 0.6 is 11.3 Å². The van der Waals surface area contributed by atoms with E-state index < -0.39 is 0 Å². The molecule has 0 N–H and O–H groups in total. The number of thiophene rings is 1. The van der Waals surface area contributed by atoms with Crippen LogP contribution in [0.2, 0.25) is 0 Å². The van der Waals surface area contributed by atoms with Crippen molar-refractivity contribution in [2.24, 2.45) is 0 Å². The van der Waals surface area contributed by atoms with Gasteiger partial charge in [0.15, 0.2) is 0 Å². The molecule has 0 saturated carbocycles. The number of hydrogen-bond donors (Lipinski definition) is 0. The lowest BCUT2D eigenvalue weighted by molar-refractivity contribution is 1.45. The van der Waals surface area contributed by atoms with E-state index in [-0.39, 0.29) is 0 Å². The highest BCUT2D eigenvalue weighted by molar-refractivity contribution is 7.11. The Bertz CT molecular complexity index is 530. The maximum absolute atomic E-state index is 2.24. The summed E-state index contributed by atoms with van der Waals surface area (Å²) in [5, 5.41) is 2.14. The Morgan fingerprint density at radius 3 is 2.38 bits per heavy atom. The second kappa shape index (κ2) is 4.11. The summed E-state index contributed by atoms with van der Waals surface area (Å²) in [4.78, 5) is 1.39. The average molecular weight is 224 g/mol. The summed E-state index contributed by atoms with van der Waals surface area (Å²) in [6.45, 7) is 0. The van der Waals surface area contributed by atoms with Crippen molar-refractivity contribution in [3.05, 3.63) is 70.4 Å². The van der Waals surface area contributed by atoms with Gasteiger partial charge in [-0.3, -0.25) is 0 Å². The SMILES string of the molecule is C1=C(c2ccccc2)CC(c2cccs2)=C1. The quantitative estimate of drug-likeness (QED) is 0.698. The minimum atomic E-state index is 1.06. The van der Waals surface area contributed by atoms with Crippen molar-refractivity contribution >= 4 is 22.5 Å². The van der Waals surface area contributed by atoms with Crippen LogP contribution in [-0.2, 0) is 0 Å². The van der Waals surface area contributed by atoms with Crippen LogP contribution in [0.15, 0.2) is 60.0 Å². The van der Waals surface area contributed by atoms with Gasteiger partial charge >= 0.3 is 0 Å². The Hall–Kier alpha value is -1.60. The molecule has 0 bridgehead atoms. The molecule has 0 amide bonds. The molecular weight excluding hydrogens is 212 g/mol. The molecule has 3 rings (SSSR count). The van der Waals surface area contributed by atoms with E-state index in [1.807, 2.05) is 11.3 Å². The Kier molecular flexibility index (Phi) is 2.47. The summed E-state index contributed by atoms with van der Waals surface area (Å²) < 4.78 is 0. The van der Waals surface area contributed by atoms with Crippen LogP contribution in [0.1, 0.15) is 16.9 Å². The van der Waals surface area contributed by atoms with Gasteiger partial charge in [-0.05, 0) is 34.6 Å².